The predicted octanol–water partition coefficient (Wildman–Crippen LogP) is 6.14. The van der Waals surface area contributed by atoms with E-state index >= 15 is 0 Å². The Hall–Kier alpha value is -3.60. The molecule has 1 atom stereocenters. The fourth-order valence-corrected chi connectivity index (χ4v) is 4.24. The summed E-state index contributed by atoms with van der Waals surface area (Å²) >= 11 is 0. The number of benzene rings is 4. The van der Waals surface area contributed by atoms with Gasteiger partial charge in [-0.1, -0.05) is 84.9 Å². The van der Waals surface area contributed by atoms with Crippen LogP contribution in [0.3, 0.4) is 0 Å². The maximum atomic E-state index is 10.8. The van der Waals surface area contributed by atoms with Gasteiger partial charge >= 0.3 is 0 Å². The van der Waals surface area contributed by atoms with E-state index in [1.165, 1.54) is 0 Å². The molecule has 0 spiro atoms. The number of methoxy groups -OCH3 is 2. The molecule has 4 rings (SSSR count). The number of rotatable bonds is 10. The summed E-state index contributed by atoms with van der Waals surface area (Å²) in [6.07, 6.45) is -0.147. The maximum Gasteiger partial charge on any atom is 0.143 e. The van der Waals surface area contributed by atoms with E-state index in [-0.39, 0.29) is 0 Å². The summed E-state index contributed by atoms with van der Waals surface area (Å²) in [6, 6.07) is 35.7. The smallest absolute Gasteiger partial charge is 0.143 e. The van der Waals surface area contributed by atoms with Crippen molar-refractivity contribution in [1.29, 1.82) is 0 Å². The molecule has 4 nitrogen and oxygen atoms in total. The highest BCUT2D eigenvalue weighted by molar-refractivity contribution is 5.49. The molecule has 34 heavy (non-hydrogen) atoms. The largest absolute Gasteiger partial charge is 0.497 e. The lowest BCUT2D eigenvalue weighted by Gasteiger charge is -2.36. The SMILES string of the molecule is COc1ccc(C(OCC[C@@H](O)c2ccccc2)(c2ccccc2)c2ccc(OC)cc2)cc1. The predicted molar refractivity (Wildman–Crippen MR) is 134 cm³/mol. The van der Waals surface area contributed by atoms with Crippen LogP contribution in [0.1, 0.15) is 34.8 Å². The molecule has 4 aromatic carbocycles. The highest BCUT2D eigenvalue weighted by Crippen LogP contribution is 2.42. The molecule has 174 valence electrons. The number of ether oxygens (including phenoxy) is 3. The van der Waals surface area contributed by atoms with Crippen molar-refractivity contribution in [2.75, 3.05) is 20.8 Å². The molecule has 1 N–H and O–H groups in total. The van der Waals surface area contributed by atoms with Crippen molar-refractivity contribution in [1.82, 2.24) is 0 Å². The quantitative estimate of drug-likeness (QED) is 0.293. The second-order valence-electron chi connectivity index (χ2n) is 8.07. The van der Waals surface area contributed by atoms with Gasteiger partial charge in [-0.3, -0.25) is 0 Å². The topological polar surface area (TPSA) is 47.9 Å². The van der Waals surface area contributed by atoms with Crippen LogP contribution in [-0.4, -0.2) is 25.9 Å². The fourth-order valence-electron chi connectivity index (χ4n) is 4.24. The Labute approximate surface area is 201 Å². The third-order valence-electron chi connectivity index (χ3n) is 6.07. The van der Waals surface area contributed by atoms with Gasteiger partial charge in [0.15, 0.2) is 0 Å². The first-order valence-corrected chi connectivity index (χ1v) is 11.4. The van der Waals surface area contributed by atoms with E-state index in [9.17, 15) is 5.11 Å². The summed E-state index contributed by atoms with van der Waals surface area (Å²) in [5.41, 5.74) is 2.94. The second kappa shape index (κ2) is 11.0. The third kappa shape index (κ3) is 4.98. The molecule has 0 saturated heterocycles. The summed E-state index contributed by atoms with van der Waals surface area (Å²) in [6.45, 7) is 0.350. The molecule has 0 aromatic heterocycles. The number of hydrogen-bond donors (Lipinski definition) is 1. The van der Waals surface area contributed by atoms with Crippen molar-refractivity contribution < 1.29 is 19.3 Å². The Morgan fingerprint density at radius 1 is 0.618 bits per heavy atom. The first-order valence-electron chi connectivity index (χ1n) is 11.4. The van der Waals surface area contributed by atoms with Gasteiger partial charge in [0.05, 0.1) is 26.9 Å². The van der Waals surface area contributed by atoms with Crippen LogP contribution in [0.4, 0.5) is 0 Å². The number of aliphatic hydroxyl groups excluding tert-OH is 1. The van der Waals surface area contributed by atoms with Crippen molar-refractivity contribution in [3.63, 3.8) is 0 Å². The summed E-state index contributed by atoms with van der Waals surface area (Å²) in [5, 5.41) is 10.8. The van der Waals surface area contributed by atoms with Crippen molar-refractivity contribution >= 4 is 0 Å². The van der Waals surface area contributed by atoms with Crippen LogP contribution in [-0.2, 0) is 10.3 Å². The minimum absolute atomic E-state index is 0.350. The Kier molecular flexibility index (Phi) is 7.63. The highest BCUT2D eigenvalue weighted by Gasteiger charge is 2.38. The molecule has 0 bridgehead atoms. The molecule has 0 saturated carbocycles. The van der Waals surface area contributed by atoms with Gasteiger partial charge in [-0.2, -0.15) is 0 Å². The summed E-state index contributed by atoms with van der Waals surface area (Å²) in [5.74, 6) is 1.56. The summed E-state index contributed by atoms with van der Waals surface area (Å²) < 4.78 is 17.6. The Balaban J connectivity index is 1.76. The molecular weight excluding hydrogens is 424 g/mol. The Morgan fingerprint density at radius 3 is 1.53 bits per heavy atom. The van der Waals surface area contributed by atoms with Gasteiger partial charge in [-0.05, 0) is 46.5 Å². The first kappa shape index (κ1) is 23.6. The average Bonchev–Trinajstić information content (AvgIpc) is 2.92. The Morgan fingerprint density at radius 2 is 1.06 bits per heavy atom. The van der Waals surface area contributed by atoms with Crippen LogP contribution in [0.2, 0.25) is 0 Å². The molecule has 4 heteroatoms. The fraction of sp³-hybridized carbons (Fsp3) is 0.200. The summed E-state index contributed by atoms with van der Waals surface area (Å²) in [4.78, 5) is 0. The maximum absolute atomic E-state index is 10.8. The molecule has 0 fully saturated rings. The molecule has 0 aliphatic carbocycles. The van der Waals surface area contributed by atoms with Crippen LogP contribution in [0, 0.1) is 0 Å². The lowest BCUT2D eigenvalue weighted by Crippen LogP contribution is -2.33. The molecule has 0 heterocycles. The molecule has 0 amide bonds. The monoisotopic (exact) mass is 454 g/mol. The zero-order valence-corrected chi connectivity index (χ0v) is 19.6. The standard InChI is InChI=1S/C30H30O4/c1-32-27-17-13-25(14-18-27)30(24-11-7-4-8-12-24,26-15-19-28(33-2)20-16-26)34-22-21-29(31)23-9-5-3-6-10-23/h3-20,29,31H,21-22H2,1-2H3/t29-/m1/s1. The second-order valence-corrected chi connectivity index (χ2v) is 8.07. The minimum atomic E-state index is -0.879. The van der Waals surface area contributed by atoms with Crippen molar-refractivity contribution in [3.05, 3.63) is 131 Å². The number of aliphatic hydroxyl groups is 1. The molecule has 0 unspecified atom stereocenters. The van der Waals surface area contributed by atoms with Gasteiger partial charge in [0.1, 0.15) is 17.1 Å². The normalized spacial score (nSPS) is 12.2. The molecule has 0 radical (unpaired) electrons. The van der Waals surface area contributed by atoms with Gasteiger partial charge < -0.3 is 19.3 Å². The van der Waals surface area contributed by atoms with Gasteiger partial charge in [0, 0.05) is 6.42 Å². The van der Waals surface area contributed by atoms with Gasteiger partial charge in [0.25, 0.3) is 0 Å². The van der Waals surface area contributed by atoms with Gasteiger partial charge in [-0.15, -0.1) is 0 Å². The lowest BCUT2D eigenvalue weighted by molar-refractivity contribution is -0.00570. The van der Waals surface area contributed by atoms with Gasteiger partial charge in [-0.25, -0.2) is 0 Å². The van der Waals surface area contributed by atoms with Crippen molar-refractivity contribution in [2.24, 2.45) is 0 Å². The zero-order chi connectivity index (χ0) is 23.8. The van der Waals surface area contributed by atoms with E-state index in [0.29, 0.717) is 13.0 Å². The molecule has 0 aliphatic rings. The van der Waals surface area contributed by atoms with E-state index in [1.54, 1.807) is 14.2 Å². The number of hydrogen-bond acceptors (Lipinski definition) is 4. The first-order chi connectivity index (χ1) is 16.7. The van der Waals surface area contributed by atoms with E-state index in [4.69, 9.17) is 14.2 Å². The van der Waals surface area contributed by atoms with E-state index in [1.807, 2.05) is 97.1 Å². The minimum Gasteiger partial charge on any atom is -0.497 e. The third-order valence-corrected chi connectivity index (χ3v) is 6.07. The van der Waals surface area contributed by atoms with E-state index < -0.39 is 11.7 Å². The van der Waals surface area contributed by atoms with E-state index in [0.717, 1.165) is 33.8 Å². The van der Waals surface area contributed by atoms with Crippen LogP contribution in [0.25, 0.3) is 0 Å². The Bertz CT molecular complexity index is 1090. The van der Waals surface area contributed by atoms with Crippen LogP contribution in [0.5, 0.6) is 11.5 Å². The summed E-state index contributed by atoms with van der Waals surface area (Å²) in [7, 11) is 3.31. The van der Waals surface area contributed by atoms with Crippen LogP contribution >= 0.6 is 0 Å². The van der Waals surface area contributed by atoms with Crippen LogP contribution < -0.4 is 9.47 Å². The lowest BCUT2D eigenvalue weighted by atomic mass is 9.80. The molecule has 0 aliphatic heterocycles. The molecule has 4 aromatic rings. The van der Waals surface area contributed by atoms with Crippen LogP contribution in [0.15, 0.2) is 109 Å². The average molecular weight is 455 g/mol. The molecular formula is C30H30O4. The van der Waals surface area contributed by atoms with Gasteiger partial charge in [0.2, 0.25) is 0 Å². The zero-order valence-electron chi connectivity index (χ0n) is 19.6. The van der Waals surface area contributed by atoms with Crippen molar-refractivity contribution in [3.8, 4) is 11.5 Å². The van der Waals surface area contributed by atoms with E-state index in [2.05, 4.69) is 12.1 Å². The highest BCUT2D eigenvalue weighted by atomic mass is 16.5. The van der Waals surface area contributed by atoms with Crippen molar-refractivity contribution in [2.45, 2.75) is 18.1 Å².